The fourth-order valence-electron chi connectivity index (χ4n) is 1.76. The summed E-state index contributed by atoms with van der Waals surface area (Å²) in [5.41, 5.74) is -2.58. The Morgan fingerprint density at radius 2 is 1.71 bits per heavy atom. The topological polar surface area (TPSA) is 57.6 Å². The minimum absolute atomic E-state index is 0.415. The molecule has 21 heavy (non-hydrogen) atoms. The molecule has 0 saturated carbocycles. The molecule has 8 heteroatoms. The van der Waals surface area contributed by atoms with Crippen molar-refractivity contribution < 1.29 is 26.7 Å². The summed E-state index contributed by atoms with van der Waals surface area (Å²) >= 11 is 0. The molecule has 0 aliphatic carbocycles. The minimum Gasteiger partial charge on any atom is -0.379 e. The number of nitrogens with zero attached hydrogens (tertiary/aromatic N) is 1. The van der Waals surface area contributed by atoms with Crippen molar-refractivity contribution in [1.29, 1.82) is 0 Å². The lowest BCUT2D eigenvalue weighted by atomic mass is 10.0. The summed E-state index contributed by atoms with van der Waals surface area (Å²) in [4.78, 5) is 0. The number of hydrogen-bond acceptors (Lipinski definition) is 3. The molecule has 4 nitrogen and oxygen atoms in total. The van der Waals surface area contributed by atoms with Gasteiger partial charge >= 0.3 is 6.18 Å². The molecular weight excluding hydrogens is 307 g/mol. The number of halogens is 3. The van der Waals surface area contributed by atoms with Crippen molar-refractivity contribution in [1.82, 2.24) is 4.31 Å². The predicted octanol–water partition coefficient (Wildman–Crippen LogP) is 2.15. The molecule has 0 spiro atoms. The van der Waals surface area contributed by atoms with Gasteiger partial charge in [0.25, 0.3) is 0 Å². The third-order valence-electron chi connectivity index (χ3n) is 3.26. The second kappa shape index (κ2) is 6.33. The van der Waals surface area contributed by atoms with E-state index < -0.39 is 40.5 Å². The first-order valence-electron chi connectivity index (χ1n) is 6.29. The average Bonchev–Trinajstić information content (AvgIpc) is 2.37. The number of aliphatic hydroxyl groups is 1. The number of hydrogen-bond donors (Lipinski definition) is 1. The smallest absolute Gasteiger partial charge is 0.379 e. The highest BCUT2D eigenvalue weighted by Gasteiger charge is 2.53. The molecule has 1 unspecified atom stereocenters. The normalized spacial score (nSPS) is 16.0. The lowest BCUT2D eigenvalue weighted by Crippen LogP contribution is -2.53. The second-order valence-corrected chi connectivity index (χ2v) is 6.96. The third kappa shape index (κ3) is 4.42. The molecule has 120 valence electrons. The maximum Gasteiger partial charge on any atom is 0.418 e. The molecule has 0 radical (unpaired) electrons. The summed E-state index contributed by atoms with van der Waals surface area (Å²) in [5.74, 6) is -0.415. The van der Waals surface area contributed by atoms with E-state index in [1.807, 2.05) is 0 Å². The molecule has 0 aromatic heterocycles. The molecule has 0 bridgehead atoms. The fourth-order valence-corrected chi connectivity index (χ4v) is 3.01. The third-order valence-corrected chi connectivity index (χ3v) is 5.04. The Morgan fingerprint density at radius 1 is 1.19 bits per heavy atom. The number of likely N-dealkylation sites (N-methyl/N-ethyl adjacent to an activating group) is 1. The van der Waals surface area contributed by atoms with Gasteiger partial charge in [0.1, 0.15) is 0 Å². The highest BCUT2D eigenvalue weighted by atomic mass is 32.2. The van der Waals surface area contributed by atoms with Gasteiger partial charge in [-0.2, -0.15) is 13.2 Å². The highest BCUT2D eigenvalue weighted by molar-refractivity contribution is 7.88. The molecule has 0 fully saturated rings. The first kappa shape index (κ1) is 17.9. The first-order chi connectivity index (χ1) is 9.52. The van der Waals surface area contributed by atoms with Crippen molar-refractivity contribution in [2.24, 2.45) is 0 Å². The van der Waals surface area contributed by atoms with Crippen molar-refractivity contribution in [3.05, 3.63) is 35.9 Å². The van der Waals surface area contributed by atoms with Crippen LogP contribution in [0.4, 0.5) is 13.2 Å². The summed E-state index contributed by atoms with van der Waals surface area (Å²) in [7, 11) is -2.91. The van der Waals surface area contributed by atoms with Crippen LogP contribution in [0, 0.1) is 0 Å². The van der Waals surface area contributed by atoms with Crippen LogP contribution in [0.3, 0.4) is 0 Å². The van der Waals surface area contributed by atoms with Crippen molar-refractivity contribution >= 4 is 10.0 Å². The van der Waals surface area contributed by atoms with Gasteiger partial charge in [-0.25, -0.2) is 12.7 Å². The van der Waals surface area contributed by atoms with Gasteiger partial charge < -0.3 is 5.11 Å². The van der Waals surface area contributed by atoms with Gasteiger partial charge in [-0.05, 0) is 12.0 Å². The lowest BCUT2D eigenvalue weighted by molar-refractivity contribution is -0.262. The van der Waals surface area contributed by atoms with Crippen LogP contribution in [0.15, 0.2) is 30.3 Å². The van der Waals surface area contributed by atoms with Crippen LogP contribution in [-0.4, -0.2) is 43.2 Å². The van der Waals surface area contributed by atoms with Gasteiger partial charge in [0.2, 0.25) is 10.0 Å². The second-order valence-electron chi connectivity index (χ2n) is 4.88. The van der Waals surface area contributed by atoms with Gasteiger partial charge in [-0.15, -0.1) is 0 Å². The van der Waals surface area contributed by atoms with E-state index in [1.54, 1.807) is 30.3 Å². The Kier molecular flexibility index (Phi) is 5.40. The SMILES string of the molecule is CCC(O)(CN(C)S(=O)(=O)Cc1ccccc1)C(F)(F)F. The zero-order valence-electron chi connectivity index (χ0n) is 11.8. The van der Waals surface area contributed by atoms with E-state index in [-0.39, 0.29) is 0 Å². The molecule has 0 aliphatic heterocycles. The van der Waals surface area contributed by atoms with E-state index >= 15 is 0 Å². The van der Waals surface area contributed by atoms with Crippen molar-refractivity contribution in [2.75, 3.05) is 13.6 Å². The molecule has 0 heterocycles. The van der Waals surface area contributed by atoms with E-state index in [2.05, 4.69) is 0 Å². The van der Waals surface area contributed by atoms with E-state index in [0.29, 0.717) is 9.87 Å². The Morgan fingerprint density at radius 3 is 2.14 bits per heavy atom. The molecule has 1 aromatic carbocycles. The summed E-state index contributed by atoms with van der Waals surface area (Å²) in [5, 5.41) is 9.63. The molecule has 0 saturated heterocycles. The summed E-state index contributed by atoms with van der Waals surface area (Å²) in [6.07, 6.45) is -5.51. The summed E-state index contributed by atoms with van der Waals surface area (Å²) < 4.78 is 63.1. The molecule has 1 rings (SSSR count). The van der Waals surface area contributed by atoms with Crippen LogP contribution in [0.5, 0.6) is 0 Å². The zero-order chi connectivity index (χ0) is 16.3. The number of alkyl halides is 3. The zero-order valence-corrected chi connectivity index (χ0v) is 12.6. The number of rotatable bonds is 6. The van der Waals surface area contributed by atoms with Crippen molar-refractivity contribution in [2.45, 2.75) is 30.9 Å². The molecule has 0 aliphatic rings. The fraction of sp³-hybridized carbons (Fsp3) is 0.538. The van der Waals surface area contributed by atoms with Gasteiger partial charge in [0, 0.05) is 7.05 Å². The predicted molar refractivity (Wildman–Crippen MR) is 73.0 cm³/mol. The maximum absolute atomic E-state index is 12.8. The monoisotopic (exact) mass is 325 g/mol. The van der Waals surface area contributed by atoms with Gasteiger partial charge in [0.05, 0.1) is 12.3 Å². The quantitative estimate of drug-likeness (QED) is 0.872. The minimum atomic E-state index is -4.89. The molecule has 0 amide bonds. The highest BCUT2D eigenvalue weighted by Crippen LogP contribution is 2.34. The van der Waals surface area contributed by atoms with E-state index in [9.17, 15) is 26.7 Å². The van der Waals surface area contributed by atoms with Gasteiger partial charge in [-0.3, -0.25) is 0 Å². The molecule has 1 N–H and O–H groups in total. The summed E-state index contributed by atoms with van der Waals surface area (Å²) in [6, 6.07) is 8.13. The maximum atomic E-state index is 12.8. The van der Waals surface area contributed by atoms with E-state index in [0.717, 1.165) is 14.0 Å². The van der Waals surface area contributed by atoms with Crippen LogP contribution >= 0.6 is 0 Å². The van der Waals surface area contributed by atoms with Crippen LogP contribution < -0.4 is 0 Å². The van der Waals surface area contributed by atoms with Crippen molar-refractivity contribution in [3.8, 4) is 0 Å². The Hall–Kier alpha value is -1.12. The lowest BCUT2D eigenvalue weighted by Gasteiger charge is -2.32. The summed E-state index contributed by atoms with van der Waals surface area (Å²) in [6.45, 7) is 0.132. The van der Waals surface area contributed by atoms with E-state index in [1.165, 1.54) is 0 Å². The molecule has 1 aromatic rings. The van der Waals surface area contributed by atoms with Gasteiger partial charge in [0.15, 0.2) is 5.60 Å². The number of sulfonamides is 1. The molecular formula is C13H18F3NO3S. The Bertz CT molecular complexity index is 560. The van der Waals surface area contributed by atoms with Crippen LogP contribution in [0.2, 0.25) is 0 Å². The van der Waals surface area contributed by atoms with Crippen LogP contribution in [0.1, 0.15) is 18.9 Å². The van der Waals surface area contributed by atoms with Gasteiger partial charge in [-0.1, -0.05) is 37.3 Å². The Labute approximate surface area is 122 Å². The average molecular weight is 325 g/mol. The largest absolute Gasteiger partial charge is 0.418 e. The first-order valence-corrected chi connectivity index (χ1v) is 7.90. The molecule has 1 atom stereocenters. The van der Waals surface area contributed by atoms with Crippen LogP contribution in [0.25, 0.3) is 0 Å². The standard InChI is InChI=1S/C13H18F3NO3S/c1-3-12(18,13(14,15)16)10-17(2)21(19,20)9-11-7-5-4-6-8-11/h4-8,18H,3,9-10H2,1-2H3. The Balaban J connectivity index is 2.89. The van der Waals surface area contributed by atoms with E-state index in [4.69, 9.17) is 0 Å². The van der Waals surface area contributed by atoms with Crippen molar-refractivity contribution in [3.63, 3.8) is 0 Å². The van der Waals surface area contributed by atoms with Crippen LogP contribution in [-0.2, 0) is 15.8 Å². The number of benzene rings is 1.